The zero-order valence-corrected chi connectivity index (χ0v) is 12.9. The van der Waals surface area contributed by atoms with Crippen LogP contribution < -0.4 is 5.32 Å². The molecule has 0 spiro atoms. The van der Waals surface area contributed by atoms with Crippen LogP contribution in [0.15, 0.2) is 18.7 Å². The van der Waals surface area contributed by atoms with Crippen LogP contribution in [-0.4, -0.2) is 12.5 Å². The molecule has 1 aliphatic rings. The van der Waals surface area contributed by atoms with Crippen molar-refractivity contribution in [2.24, 2.45) is 11.3 Å². The second-order valence-corrected chi connectivity index (χ2v) is 7.50. The molecule has 0 unspecified atom stereocenters. The van der Waals surface area contributed by atoms with Gasteiger partial charge in [0.15, 0.2) is 0 Å². The summed E-state index contributed by atoms with van der Waals surface area (Å²) in [5, 5.41) is 2.85. The summed E-state index contributed by atoms with van der Waals surface area (Å²) >= 11 is 1.66. The number of aryl methyl sites for hydroxylation is 1. The Labute approximate surface area is 119 Å². The van der Waals surface area contributed by atoms with Crippen molar-refractivity contribution in [2.75, 3.05) is 6.54 Å². The van der Waals surface area contributed by atoms with Gasteiger partial charge in [0.25, 0.3) is 5.91 Å². The third kappa shape index (κ3) is 3.27. The summed E-state index contributed by atoms with van der Waals surface area (Å²) < 4.78 is 0. The van der Waals surface area contributed by atoms with Crippen LogP contribution in [0, 0.1) is 11.3 Å². The largest absolute Gasteiger partial charge is 0.348 e. The predicted molar refractivity (Wildman–Crippen MR) is 81.8 cm³/mol. The molecule has 1 atom stereocenters. The first kappa shape index (κ1) is 14.3. The molecule has 3 heteroatoms. The highest BCUT2D eigenvalue weighted by molar-refractivity contribution is 7.14. The molecule has 0 saturated carbocycles. The van der Waals surface area contributed by atoms with E-state index in [4.69, 9.17) is 0 Å². The number of carbonyl (C=O) groups is 1. The Bertz CT molecular complexity index is 481. The van der Waals surface area contributed by atoms with E-state index in [1.54, 1.807) is 17.4 Å². The van der Waals surface area contributed by atoms with Crippen LogP contribution in [0.1, 0.15) is 47.3 Å². The first-order chi connectivity index (χ1) is 8.91. The zero-order valence-electron chi connectivity index (χ0n) is 12.1. The van der Waals surface area contributed by atoms with Gasteiger partial charge in [-0.15, -0.1) is 17.9 Å². The Morgan fingerprint density at radius 2 is 2.32 bits per heavy atom. The Balaban J connectivity index is 2.12. The summed E-state index contributed by atoms with van der Waals surface area (Å²) in [7, 11) is 0. The molecule has 2 nitrogen and oxygen atoms in total. The van der Waals surface area contributed by atoms with E-state index in [1.165, 1.54) is 16.9 Å². The molecule has 0 radical (unpaired) electrons. The molecule has 19 heavy (non-hydrogen) atoms. The van der Waals surface area contributed by atoms with E-state index in [-0.39, 0.29) is 5.91 Å². The zero-order chi connectivity index (χ0) is 14.0. The molecule has 0 fully saturated rings. The fraction of sp³-hybridized carbons (Fsp3) is 0.562. The summed E-state index contributed by atoms with van der Waals surface area (Å²) in [5.74, 6) is 0.755. The number of thiophene rings is 1. The topological polar surface area (TPSA) is 29.1 Å². The number of carbonyl (C=O) groups excluding carboxylic acids is 1. The van der Waals surface area contributed by atoms with Gasteiger partial charge in [0.1, 0.15) is 0 Å². The Kier molecular flexibility index (Phi) is 4.14. The van der Waals surface area contributed by atoms with Gasteiger partial charge in [0.2, 0.25) is 0 Å². The Morgan fingerprint density at radius 3 is 2.95 bits per heavy atom. The van der Waals surface area contributed by atoms with E-state index in [0.717, 1.165) is 23.6 Å². The molecule has 1 N–H and O–H groups in total. The van der Waals surface area contributed by atoms with Crippen LogP contribution in [0.25, 0.3) is 0 Å². The van der Waals surface area contributed by atoms with Crippen LogP contribution in [0.2, 0.25) is 0 Å². The predicted octanol–water partition coefficient (Wildman–Crippen LogP) is 3.81. The van der Waals surface area contributed by atoms with Gasteiger partial charge in [-0.3, -0.25) is 4.79 Å². The molecule has 0 aromatic carbocycles. The standard InChI is InChI=1S/C16H23NOS/c1-5-8-17-15(18)14-10-11-9-12(16(2,3)4)6-7-13(11)19-14/h5,10,12H,1,6-9H2,2-4H3,(H,17,18)/t12-/m1/s1. The second-order valence-electron chi connectivity index (χ2n) is 6.36. The molecule has 1 heterocycles. The number of hydrogen-bond donors (Lipinski definition) is 1. The van der Waals surface area contributed by atoms with Crippen molar-refractivity contribution in [2.45, 2.75) is 40.0 Å². The van der Waals surface area contributed by atoms with Gasteiger partial charge in [-0.05, 0) is 42.2 Å². The van der Waals surface area contributed by atoms with Crippen molar-refractivity contribution in [3.8, 4) is 0 Å². The second kappa shape index (κ2) is 5.49. The summed E-state index contributed by atoms with van der Waals surface area (Å²) in [6, 6.07) is 2.09. The lowest BCUT2D eigenvalue weighted by Gasteiger charge is -2.33. The molecule has 2 rings (SSSR count). The van der Waals surface area contributed by atoms with Gasteiger partial charge in [0.05, 0.1) is 4.88 Å². The highest BCUT2D eigenvalue weighted by Crippen LogP contribution is 2.39. The number of hydrogen-bond acceptors (Lipinski definition) is 2. The lowest BCUT2D eigenvalue weighted by molar-refractivity contribution is 0.0962. The lowest BCUT2D eigenvalue weighted by Crippen LogP contribution is -2.26. The minimum Gasteiger partial charge on any atom is -0.348 e. The minimum absolute atomic E-state index is 0.0339. The maximum atomic E-state index is 12.0. The van der Waals surface area contributed by atoms with Crippen molar-refractivity contribution in [1.82, 2.24) is 5.32 Å². The van der Waals surface area contributed by atoms with Crippen molar-refractivity contribution in [1.29, 1.82) is 0 Å². The van der Waals surface area contributed by atoms with Gasteiger partial charge in [-0.2, -0.15) is 0 Å². The first-order valence-electron chi connectivity index (χ1n) is 6.92. The fourth-order valence-corrected chi connectivity index (χ4v) is 3.75. The van der Waals surface area contributed by atoms with E-state index in [1.807, 2.05) is 0 Å². The molecular weight excluding hydrogens is 254 g/mol. The van der Waals surface area contributed by atoms with Gasteiger partial charge in [0, 0.05) is 11.4 Å². The van der Waals surface area contributed by atoms with Crippen LogP contribution in [0.3, 0.4) is 0 Å². The van der Waals surface area contributed by atoms with Crippen molar-refractivity contribution < 1.29 is 4.79 Å². The van der Waals surface area contributed by atoms with Crippen LogP contribution >= 0.6 is 11.3 Å². The van der Waals surface area contributed by atoms with Crippen LogP contribution in [-0.2, 0) is 12.8 Å². The summed E-state index contributed by atoms with van der Waals surface area (Å²) in [4.78, 5) is 14.2. The lowest BCUT2D eigenvalue weighted by atomic mass is 9.72. The van der Waals surface area contributed by atoms with Crippen LogP contribution in [0.5, 0.6) is 0 Å². The molecular formula is C16H23NOS. The number of amides is 1. The molecule has 0 bridgehead atoms. The van der Waals surface area contributed by atoms with Gasteiger partial charge >= 0.3 is 0 Å². The van der Waals surface area contributed by atoms with Gasteiger partial charge in [-0.1, -0.05) is 26.8 Å². The maximum Gasteiger partial charge on any atom is 0.261 e. The average molecular weight is 277 g/mol. The quantitative estimate of drug-likeness (QED) is 0.836. The monoisotopic (exact) mass is 277 g/mol. The third-order valence-corrected chi connectivity index (χ3v) is 5.17. The highest BCUT2D eigenvalue weighted by atomic mass is 32.1. The van der Waals surface area contributed by atoms with Crippen LogP contribution in [0.4, 0.5) is 0 Å². The van der Waals surface area contributed by atoms with E-state index in [0.29, 0.717) is 12.0 Å². The molecule has 1 aliphatic carbocycles. The highest BCUT2D eigenvalue weighted by Gasteiger charge is 2.30. The van der Waals surface area contributed by atoms with E-state index >= 15 is 0 Å². The number of nitrogens with one attached hydrogen (secondary N) is 1. The first-order valence-corrected chi connectivity index (χ1v) is 7.74. The molecule has 1 amide bonds. The van der Waals surface area contributed by atoms with Crippen molar-refractivity contribution in [3.63, 3.8) is 0 Å². The maximum absolute atomic E-state index is 12.0. The normalized spacial score (nSPS) is 18.8. The number of fused-ring (bicyclic) bond motifs is 1. The average Bonchev–Trinajstić information content (AvgIpc) is 2.77. The van der Waals surface area contributed by atoms with E-state index < -0.39 is 0 Å². The molecule has 0 saturated heterocycles. The molecule has 104 valence electrons. The third-order valence-electron chi connectivity index (χ3n) is 3.94. The smallest absolute Gasteiger partial charge is 0.261 e. The summed E-state index contributed by atoms with van der Waals surface area (Å²) in [6.45, 7) is 11.1. The van der Waals surface area contributed by atoms with Gasteiger partial charge in [-0.25, -0.2) is 0 Å². The Morgan fingerprint density at radius 1 is 1.58 bits per heavy atom. The van der Waals surface area contributed by atoms with E-state index in [9.17, 15) is 4.79 Å². The van der Waals surface area contributed by atoms with Crippen molar-refractivity contribution >= 4 is 17.2 Å². The molecule has 1 aromatic heterocycles. The SMILES string of the molecule is C=CCNC(=O)c1cc2c(s1)CC[C@@H](C(C)(C)C)C2. The van der Waals surface area contributed by atoms with E-state index in [2.05, 4.69) is 38.7 Å². The van der Waals surface area contributed by atoms with Gasteiger partial charge < -0.3 is 5.32 Å². The molecule has 0 aliphatic heterocycles. The molecule has 1 aromatic rings. The number of rotatable bonds is 3. The summed E-state index contributed by atoms with van der Waals surface area (Å²) in [5.41, 5.74) is 1.74. The Hall–Kier alpha value is -1.09. The minimum atomic E-state index is 0.0339. The van der Waals surface area contributed by atoms with Crippen molar-refractivity contribution in [3.05, 3.63) is 34.0 Å². The summed E-state index contributed by atoms with van der Waals surface area (Å²) in [6.07, 6.45) is 5.19. The fourth-order valence-electron chi connectivity index (χ4n) is 2.63.